The van der Waals surface area contributed by atoms with Gasteiger partial charge in [-0.25, -0.2) is 0 Å². The maximum absolute atomic E-state index is 6.06. The summed E-state index contributed by atoms with van der Waals surface area (Å²) in [7, 11) is 0. The fraction of sp³-hybridized carbons (Fsp3) is 0.538. The zero-order valence-corrected chi connectivity index (χ0v) is 10.9. The van der Waals surface area contributed by atoms with Crippen molar-refractivity contribution in [2.24, 2.45) is 0 Å². The average Bonchev–Trinajstić information content (AvgIpc) is 2.58. The van der Waals surface area contributed by atoms with E-state index in [4.69, 9.17) is 22.1 Å². The molecule has 1 fully saturated rings. The Labute approximate surface area is 107 Å². The molecule has 0 aromatic heterocycles. The first-order chi connectivity index (χ1) is 8.22. The molecule has 0 amide bonds. The molecule has 17 heavy (non-hydrogen) atoms. The van der Waals surface area contributed by atoms with Gasteiger partial charge in [0.25, 0.3) is 0 Å². The van der Waals surface area contributed by atoms with E-state index in [-0.39, 0.29) is 6.10 Å². The van der Waals surface area contributed by atoms with Crippen LogP contribution in [0.25, 0.3) is 0 Å². The number of nitrogens with zero attached hydrogens (tertiary/aromatic N) is 1. The summed E-state index contributed by atoms with van der Waals surface area (Å²) < 4.78 is 5.76. The molecule has 0 aliphatic carbocycles. The van der Waals surface area contributed by atoms with Crippen molar-refractivity contribution >= 4 is 23.0 Å². The molecule has 1 heterocycles. The number of hydrogen-bond donors (Lipinski definition) is 1. The van der Waals surface area contributed by atoms with Gasteiger partial charge in [-0.3, -0.25) is 0 Å². The summed E-state index contributed by atoms with van der Waals surface area (Å²) in [4.78, 5) is 2.28. The van der Waals surface area contributed by atoms with Gasteiger partial charge in [0.05, 0.1) is 22.5 Å². The van der Waals surface area contributed by atoms with Crippen LogP contribution in [0.2, 0.25) is 5.02 Å². The highest BCUT2D eigenvalue weighted by molar-refractivity contribution is 6.33. The van der Waals surface area contributed by atoms with Crippen molar-refractivity contribution in [1.29, 1.82) is 0 Å². The van der Waals surface area contributed by atoms with Gasteiger partial charge >= 0.3 is 0 Å². The lowest BCUT2D eigenvalue weighted by molar-refractivity contribution is 0.0664. The monoisotopic (exact) mass is 254 g/mol. The van der Waals surface area contributed by atoms with Gasteiger partial charge in [-0.2, -0.15) is 0 Å². The van der Waals surface area contributed by atoms with Gasteiger partial charge in [0.15, 0.2) is 0 Å². The van der Waals surface area contributed by atoms with Crippen LogP contribution in [-0.4, -0.2) is 25.8 Å². The topological polar surface area (TPSA) is 38.5 Å². The van der Waals surface area contributed by atoms with E-state index in [9.17, 15) is 0 Å². The maximum atomic E-state index is 6.06. The molecular formula is C13H19ClN2O. The van der Waals surface area contributed by atoms with Crippen LogP contribution in [0.3, 0.4) is 0 Å². The lowest BCUT2D eigenvalue weighted by atomic mass is 10.2. The van der Waals surface area contributed by atoms with Gasteiger partial charge in [0, 0.05) is 19.7 Å². The first kappa shape index (κ1) is 12.5. The zero-order valence-electron chi connectivity index (χ0n) is 10.2. The molecular weight excluding hydrogens is 236 g/mol. The van der Waals surface area contributed by atoms with Gasteiger partial charge in [-0.15, -0.1) is 0 Å². The number of nitrogens with two attached hydrogens (primary N) is 1. The van der Waals surface area contributed by atoms with E-state index < -0.39 is 0 Å². The summed E-state index contributed by atoms with van der Waals surface area (Å²) in [5.74, 6) is 0. The molecule has 0 bridgehead atoms. The number of rotatable bonds is 2. The second kappa shape index (κ2) is 5.61. The van der Waals surface area contributed by atoms with Crippen molar-refractivity contribution in [1.82, 2.24) is 0 Å². The maximum Gasteiger partial charge on any atom is 0.0747 e. The Morgan fingerprint density at radius 1 is 1.53 bits per heavy atom. The molecule has 1 unspecified atom stereocenters. The van der Waals surface area contributed by atoms with Crippen molar-refractivity contribution < 1.29 is 4.74 Å². The minimum absolute atomic E-state index is 0.288. The molecule has 1 saturated heterocycles. The van der Waals surface area contributed by atoms with Gasteiger partial charge in [-0.1, -0.05) is 24.6 Å². The normalized spacial score (nSPS) is 21.3. The van der Waals surface area contributed by atoms with Crippen LogP contribution in [0.5, 0.6) is 0 Å². The summed E-state index contributed by atoms with van der Waals surface area (Å²) in [6.07, 6.45) is 2.34. The average molecular weight is 255 g/mol. The van der Waals surface area contributed by atoms with Gasteiger partial charge in [-0.05, 0) is 25.0 Å². The number of halogens is 1. The van der Waals surface area contributed by atoms with E-state index in [1.807, 2.05) is 18.2 Å². The highest BCUT2D eigenvalue weighted by atomic mass is 35.5. The summed E-state index contributed by atoms with van der Waals surface area (Å²) in [5, 5.41) is 0.626. The second-order valence-electron chi connectivity index (χ2n) is 4.37. The van der Waals surface area contributed by atoms with Gasteiger partial charge < -0.3 is 15.4 Å². The van der Waals surface area contributed by atoms with Crippen LogP contribution in [0.4, 0.5) is 11.4 Å². The number of ether oxygens (including phenoxy) is 1. The van der Waals surface area contributed by atoms with Gasteiger partial charge in [0.1, 0.15) is 0 Å². The van der Waals surface area contributed by atoms with E-state index >= 15 is 0 Å². The zero-order chi connectivity index (χ0) is 12.3. The molecule has 0 saturated carbocycles. The van der Waals surface area contributed by atoms with Crippen molar-refractivity contribution in [3.05, 3.63) is 23.2 Å². The van der Waals surface area contributed by atoms with Crippen molar-refractivity contribution in [2.45, 2.75) is 25.9 Å². The number of benzene rings is 1. The standard InChI is InChI=1S/C13H19ClN2O/c1-2-10-9-16(7-4-8-17-10)12-6-3-5-11(14)13(12)15/h3,5-6,10H,2,4,7-9,15H2,1H3. The summed E-state index contributed by atoms with van der Waals surface area (Å²) in [6.45, 7) is 4.84. The van der Waals surface area contributed by atoms with E-state index in [0.29, 0.717) is 10.7 Å². The molecule has 1 aromatic rings. The molecule has 0 spiro atoms. The predicted molar refractivity (Wildman–Crippen MR) is 72.7 cm³/mol. The number of hydrogen-bond acceptors (Lipinski definition) is 3. The highest BCUT2D eigenvalue weighted by Crippen LogP contribution is 2.31. The predicted octanol–water partition coefficient (Wildman–Crippen LogP) is 2.93. The Morgan fingerprint density at radius 3 is 3.12 bits per heavy atom. The van der Waals surface area contributed by atoms with Gasteiger partial charge in [0.2, 0.25) is 0 Å². The Bertz CT molecular complexity index is 384. The molecule has 94 valence electrons. The fourth-order valence-electron chi connectivity index (χ4n) is 2.16. The van der Waals surface area contributed by atoms with E-state index in [1.165, 1.54) is 0 Å². The van der Waals surface area contributed by atoms with Crippen molar-refractivity contribution in [3.63, 3.8) is 0 Å². The molecule has 1 atom stereocenters. The van der Waals surface area contributed by atoms with Crippen LogP contribution < -0.4 is 10.6 Å². The van der Waals surface area contributed by atoms with Crippen molar-refractivity contribution in [3.8, 4) is 0 Å². The fourth-order valence-corrected chi connectivity index (χ4v) is 2.33. The third-order valence-corrected chi connectivity index (χ3v) is 3.51. The Morgan fingerprint density at radius 2 is 2.35 bits per heavy atom. The van der Waals surface area contributed by atoms with E-state index in [1.54, 1.807) is 0 Å². The van der Waals surface area contributed by atoms with Crippen molar-refractivity contribution in [2.75, 3.05) is 30.3 Å². The molecule has 2 rings (SSSR count). The van der Waals surface area contributed by atoms with E-state index in [2.05, 4.69) is 11.8 Å². The lowest BCUT2D eigenvalue weighted by Crippen LogP contribution is -2.31. The SMILES string of the molecule is CCC1CN(c2cccc(Cl)c2N)CCCO1. The summed E-state index contributed by atoms with van der Waals surface area (Å²) >= 11 is 6.06. The minimum Gasteiger partial charge on any atom is -0.396 e. The van der Waals surface area contributed by atoms with Crippen LogP contribution >= 0.6 is 11.6 Å². The van der Waals surface area contributed by atoms with E-state index in [0.717, 1.165) is 38.2 Å². The Hall–Kier alpha value is -0.930. The van der Waals surface area contributed by atoms with Crippen LogP contribution in [0, 0.1) is 0 Å². The Kier molecular flexibility index (Phi) is 4.13. The largest absolute Gasteiger partial charge is 0.396 e. The minimum atomic E-state index is 0.288. The third-order valence-electron chi connectivity index (χ3n) is 3.18. The molecule has 1 aromatic carbocycles. The number of para-hydroxylation sites is 1. The quantitative estimate of drug-likeness (QED) is 0.825. The van der Waals surface area contributed by atoms with Crippen LogP contribution in [0.1, 0.15) is 19.8 Å². The second-order valence-corrected chi connectivity index (χ2v) is 4.78. The first-order valence-electron chi connectivity index (χ1n) is 6.13. The summed E-state index contributed by atoms with van der Waals surface area (Å²) in [6, 6.07) is 5.80. The van der Waals surface area contributed by atoms with Crippen LogP contribution in [0.15, 0.2) is 18.2 Å². The first-order valence-corrected chi connectivity index (χ1v) is 6.50. The lowest BCUT2D eigenvalue weighted by Gasteiger charge is -2.26. The molecule has 4 heteroatoms. The number of nitrogen functional groups attached to an aromatic ring is 1. The highest BCUT2D eigenvalue weighted by Gasteiger charge is 2.19. The smallest absolute Gasteiger partial charge is 0.0747 e. The molecule has 2 N–H and O–H groups in total. The molecule has 0 radical (unpaired) electrons. The third kappa shape index (κ3) is 2.85. The van der Waals surface area contributed by atoms with Crippen LogP contribution in [-0.2, 0) is 4.74 Å². The molecule has 1 aliphatic heterocycles. The Balaban J connectivity index is 2.22. The number of anilines is 2. The summed E-state index contributed by atoms with van der Waals surface area (Å²) in [5.41, 5.74) is 7.74. The molecule has 3 nitrogen and oxygen atoms in total. The molecule has 1 aliphatic rings.